The van der Waals surface area contributed by atoms with Crippen molar-refractivity contribution >= 4 is 226 Å². The van der Waals surface area contributed by atoms with Crippen LogP contribution >= 0.6 is 34.0 Å². The molecule has 101 heavy (non-hydrogen) atoms. The zero-order valence-corrected chi connectivity index (χ0v) is 56.7. The Kier molecular flexibility index (Phi) is 12.5. The lowest BCUT2D eigenvalue weighted by Crippen LogP contribution is -2.64. The SMILES string of the molecule is c1ccc(N(c2ccccc2)c2cc3c4c(c2)N(c2cccc5c2sc2ccccc25)c2ccccc2B4c2cc4c(cc2N3c2ccccc2)Oc2cc(N(c3ccccc3)c3cccc5c3sc3ccccc35)cc3c2B4c2ccccc2N3c2cccc3c2sc2ccccc23)cc1. The number of anilines is 15. The van der Waals surface area contributed by atoms with E-state index in [1.165, 1.54) is 82.4 Å². The van der Waals surface area contributed by atoms with Crippen molar-refractivity contribution in [3.8, 4) is 11.5 Å². The molecule has 0 saturated heterocycles. The highest BCUT2D eigenvalue weighted by Gasteiger charge is 2.49. The van der Waals surface area contributed by atoms with Crippen LogP contribution in [-0.2, 0) is 0 Å². The smallest absolute Gasteiger partial charge is 0.256 e. The molecule has 3 aromatic heterocycles. The maximum atomic E-state index is 8.00. The molecule has 0 saturated carbocycles. The number of thiophene rings is 3. The highest BCUT2D eigenvalue weighted by molar-refractivity contribution is 7.27. The monoisotopic (exact) mass is 1340 g/mol. The molecular formula is C90H55B2N5OS3. The molecule has 0 fully saturated rings. The van der Waals surface area contributed by atoms with E-state index in [0.717, 1.165) is 108 Å². The van der Waals surface area contributed by atoms with Gasteiger partial charge in [-0.1, -0.05) is 206 Å². The second-order valence-electron chi connectivity index (χ2n) is 26.6. The number of fused-ring (bicyclic) bond motifs is 17. The minimum atomic E-state index is -0.229. The van der Waals surface area contributed by atoms with Gasteiger partial charge in [0.2, 0.25) is 0 Å². The van der Waals surface area contributed by atoms with Gasteiger partial charge in [-0.3, -0.25) is 0 Å². The molecule has 0 amide bonds. The van der Waals surface area contributed by atoms with Crippen LogP contribution < -0.4 is 62.0 Å². The van der Waals surface area contributed by atoms with Gasteiger partial charge in [0.15, 0.2) is 0 Å². The van der Waals surface area contributed by atoms with Gasteiger partial charge in [-0.2, -0.15) is 0 Å². The molecule has 22 rings (SSSR count). The summed E-state index contributed by atoms with van der Waals surface area (Å²) >= 11 is 5.61. The summed E-state index contributed by atoms with van der Waals surface area (Å²) in [7, 11) is 0. The molecular weight excluding hydrogens is 1280 g/mol. The highest BCUT2D eigenvalue weighted by atomic mass is 32.1. The lowest BCUT2D eigenvalue weighted by molar-refractivity contribution is 0.488. The van der Waals surface area contributed by atoms with Crippen molar-refractivity contribution in [2.45, 2.75) is 0 Å². The lowest BCUT2D eigenvalue weighted by Gasteiger charge is -2.46. The first-order valence-electron chi connectivity index (χ1n) is 34.4. The van der Waals surface area contributed by atoms with E-state index in [-0.39, 0.29) is 13.4 Å². The van der Waals surface area contributed by atoms with E-state index >= 15 is 0 Å². The van der Waals surface area contributed by atoms with E-state index in [2.05, 4.69) is 358 Å². The fourth-order valence-electron chi connectivity index (χ4n) is 17.1. The average Bonchev–Trinajstić information content (AvgIpc) is 0.743. The summed E-state index contributed by atoms with van der Waals surface area (Å²) in [5.74, 6) is 1.65. The van der Waals surface area contributed by atoms with Gasteiger partial charge in [-0.25, -0.2) is 0 Å². The third-order valence-corrected chi connectivity index (χ3v) is 24.8. The molecule has 18 aromatic rings. The van der Waals surface area contributed by atoms with Gasteiger partial charge >= 0.3 is 0 Å². The van der Waals surface area contributed by atoms with E-state index < -0.39 is 0 Å². The lowest BCUT2D eigenvalue weighted by atomic mass is 9.30. The largest absolute Gasteiger partial charge is 0.458 e. The van der Waals surface area contributed by atoms with Crippen molar-refractivity contribution in [1.82, 2.24) is 0 Å². The fraction of sp³-hybridized carbons (Fsp3) is 0. The number of para-hydroxylation sites is 6. The Morgan fingerprint density at radius 1 is 0.248 bits per heavy atom. The fourth-order valence-corrected chi connectivity index (χ4v) is 20.7. The Balaban J connectivity index is 0.827. The Bertz CT molecular complexity index is 6420. The van der Waals surface area contributed by atoms with Gasteiger partial charge in [0.1, 0.15) is 11.5 Å². The summed E-state index contributed by atoms with van der Waals surface area (Å²) in [5.41, 5.74) is 23.6. The predicted molar refractivity (Wildman–Crippen MR) is 434 cm³/mol. The minimum Gasteiger partial charge on any atom is -0.458 e. The minimum absolute atomic E-state index is 0.203. The second-order valence-corrected chi connectivity index (χ2v) is 29.7. The molecule has 0 radical (unpaired) electrons. The first kappa shape index (κ1) is 56.9. The van der Waals surface area contributed by atoms with Crippen molar-refractivity contribution in [2.75, 3.05) is 24.5 Å². The first-order valence-corrected chi connectivity index (χ1v) is 36.9. The number of nitrogens with zero attached hydrogens (tertiary/aromatic N) is 5. The van der Waals surface area contributed by atoms with Crippen LogP contribution in [0.15, 0.2) is 334 Å². The highest BCUT2D eigenvalue weighted by Crippen LogP contribution is 2.55. The maximum absolute atomic E-state index is 8.00. The van der Waals surface area contributed by atoms with Gasteiger partial charge in [0, 0.05) is 115 Å². The Morgan fingerprint density at radius 3 is 1.21 bits per heavy atom. The zero-order chi connectivity index (χ0) is 66.0. The number of hydrogen-bond donors (Lipinski definition) is 0. The molecule has 0 N–H and O–H groups in total. The summed E-state index contributed by atoms with van der Waals surface area (Å²) in [6, 6.07) is 124. The number of ether oxygens (including phenoxy) is 1. The molecule has 470 valence electrons. The summed E-state index contributed by atoms with van der Waals surface area (Å²) in [4.78, 5) is 12.6. The first-order chi connectivity index (χ1) is 50.1. The van der Waals surface area contributed by atoms with Crippen LogP contribution in [0.3, 0.4) is 0 Å². The molecule has 4 aliphatic heterocycles. The molecule has 0 unspecified atom stereocenters. The van der Waals surface area contributed by atoms with E-state index in [1.54, 1.807) is 0 Å². The van der Waals surface area contributed by atoms with Crippen molar-refractivity contribution in [3.05, 3.63) is 334 Å². The normalized spacial score (nSPS) is 13.1. The van der Waals surface area contributed by atoms with Crippen LogP contribution in [0.2, 0.25) is 0 Å². The number of hydrogen-bond acceptors (Lipinski definition) is 9. The predicted octanol–water partition coefficient (Wildman–Crippen LogP) is 22.2. The van der Waals surface area contributed by atoms with Gasteiger partial charge in [-0.05, 0) is 148 Å². The molecule has 7 heterocycles. The zero-order valence-electron chi connectivity index (χ0n) is 54.3. The van der Waals surface area contributed by atoms with Crippen LogP contribution in [0.25, 0.3) is 60.5 Å². The Hall–Kier alpha value is -12.1. The van der Waals surface area contributed by atoms with Crippen LogP contribution in [0, 0.1) is 0 Å². The van der Waals surface area contributed by atoms with Crippen molar-refractivity contribution in [2.24, 2.45) is 0 Å². The molecule has 15 aromatic carbocycles. The van der Waals surface area contributed by atoms with Gasteiger partial charge in [0.05, 0.1) is 42.5 Å². The summed E-state index contributed by atoms with van der Waals surface area (Å²) in [6.45, 7) is -0.432. The van der Waals surface area contributed by atoms with Crippen molar-refractivity contribution in [1.29, 1.82) is 0 Å². The van der Waals surface area contributed by atoms with Crippen LogP contribution in [0.1, 0.15) is 0 Å². The van der Waals surface area contributed by atoms with Gasteiger partial charge in [-0.15, -0.1) is 34.0 Å². The van der Waals surface area contributed by atoms with Crippen molar-refractivity contribution < 1.29 is 4.74 Å². The summed E-state index contributed by atoms with van der Waals surface area (Å²) < 4.78 is 15.5. The van der Waals surface area contributed by atoms with Gasteiger partial charge < -0.3 is 29.2 Å². The molecule has 4 aliphatic rings. The summed E-state index contributed by atoms with van der Waals surface area (Å²) in [5, 5.41) is 7.54. The molecule has 6 nitrogen and oxygen atoms in total. The quantitative estimate of drug-likeness (QED) is 0.134. The van der Waals surface area contributed by atoms with E-state index in [1.807, 2.05) is 34.0 Å². The third-order valence-electron chi connectivity index (χ3n) is 21.2. The average molecular weight is 1340 g/mol. The molecule has 11 heteroatoms. The number of benzene rings is 15. The van der Waals surface area contributed by atoms with Crippen LogP contribution in [0.4, 0.5) is 85.3 Å². The standard InChI is InChI=1S/C90H55B2N5OS3/c1-5-26-56(27-6-1)93(57-28-7-2-8-29-57)60-50-78-86-79(51-60)96(75-45-24-38-66-63-35-14-21-48-84(63)100-89(66)75)72-42-18-16-40-68(72)91(86)70-54-71-81(55-77(70)95(78)59-32-11-4-12-33-59)98-82-53-61(94(58-30-9-3-10-31-58)74-44-23-37-65-62-34-13-20-47-83(62)99-88(65)74)52-80-87(82)92(71)69-41-17-19-43-73(69)97(80)76-46-25-39-67-64-36-15-22-49-85(64)101-90(67)76/h1-55H. The number of rotatable bonds is 9. The second kappa shape index (κ2) is 22.2. The van der Waals surface area contributed by atoms with E-state index in [9.17, 15) is 0 Å². The van der Waals surface area contributed by atoms with Crippen molar-refractivity contribution in [3.63, 3.8) is 0 Å². The van der Waals surface area contributed by atoms with E-state index in [0.29, 0.717) is 0 Å². The van der Waals surface area contributed by atoms with E-state index in [4.69, 9.17) is 4.74 Å². The molecule has 0 aliphatic carbocycles. The van der Waals surface area contributed by atoms with Crippen LogP contribution in [-0.4, -0.2) is 13.4 Å². The maximum Gasteiger partial charge on any atom is 0.256 e. The molecule has 0 spiro atoms. The Labute approximate surface area is 596 Å². The Morgan fingerprint density at radius 2 is 0.653 bits per heavy atom. The topological polar surface area (TPSA) is 25.4 Å². The third kappa shape index (κ3) is 8.46. The van der Waals surface area contributed by atoms with Crippen LogP contribution in [0.5, 0.6) is 11.5 Å². The summed E-state index contributed by atoms with van der Waals surface area (Å²) in [6.07, 6.45) is 0. The van der Waals surface area contributed by atoms with Gasteiger partial charge in [0.25, 0.3) is 13.4 Å². The molecule has 0 bridgehead atoms. The molecule has 0 atom stereocenters.